The van der Waals surface area contributed by atoms with Gasteiger partial charge in [-0.1, -0.05) is 30.3 Å². The maximum atomic E-state index is 12.8. The number of carbonyl (C=O) groups excluding carboxylic acids is 2. The van der Waals surface area contributed by atoms with Crippen LogP contribution in [0.5, 0.6) is 5.75 Å². The van der Waals surface area contributed by atoms with Gasteiger partial charge < -0.3 is 14.8 Å². The van der Waals surface area contributed by atoms with E-state index in [9.17, 15) is 22.8 Å². The zero-order chi connectivity index (χ0) is 24.2. The number of alkyl halides is 3. The van der Waals surface area contributed by atoms with Gasteiger partial charge in [0.25, 0.3) is 5.91 Å². The first-order valence-corrected chi connectivity index (χ1v) is 10.7. The molecule has 0 radical (unpaired) electrons. The normalized spacial score (nSPS) is 12.2. The van der Waals surface area contributed by atoms with E-state index in [-0.39, 0.29) is 11.4 Å². The largest absolute Gasteiger partial charge is 0.496 e. The molecule has 1 N–H and O–H groups in total. The summed E-state index contributed by atoms with van der Waals surface area (Å²) < 4.78 is 48.8. The lowest BCUT2D eigenvalue weighted by atomic mass is 10.1. The van der Waals surface area contributed by atoms with Crippen LogP contribution >= 0.6 is 11.3 Å². The Kier molecular flexibility index (Phi) is 7.37. The number of esters is 1. The monoisotopic (exact) mass is 478 g/mol. The number of hydrogen-bond donors (Lipinski definition) is 1. The molecular formula is C23H21F3N2O4S. The van der Waals surface area contributed by atoms with E-state index >= 15 is 0 Å². The van der Waals surface area contributed by atoms with Crippen molar-refractivity contribution in [2.75, 3.05) is 7.11 Å². The number of para-hydroxylation sites is 1. The number of halogens is 3. The third-order valence-corrected chi connectivity index (χ3v) is 5.93. The van der Waals surface area contributed by atoms with Crippen molar-refractivity contribution in [1.29, 1.82) is 0 Å². The van der Waals surface area contributed by atoms with E-state index in [0.717, 1.165) is 29.0 Å². The summed E-state index contributed by atoms with van der Waals surface area (Å²) in [5.41, 5.74) is 0.803. The Hall–Kier alpha value is -3.40. The molecule has 1 heterocycles. The van der Waals surface area contributed by atoms with Crippen molar-refractivity contribution >= 4 is 23.2 Å². The number of nitrogens with zero attached hydrogens (tertiary/aromatic N) is 1. The second kappa shape index (κ2) is 10.0. The fraction of sp³-hybridized carbons (Fsp3) is 0.261. The van der Waals surface area contributed by atoms with Gasteiger partial charge in [0.15, 0.2) is 6.10 Å². The summed E-state index contributed by atoms with van der Waals surface area (Å²) in [6.07, 6.45) is -5.50. The molecule has 0 saturated carbocycles. The number of aryl methyl sites for hydroxylation is 1. The van der Waals surface area contributed by atoms with Gasteiger partial charge in [-0.25, -0.2) is 9.78 Å². The smallest absolute Gasteiger partial charge is 0.416 e. The second-order valence-corrected chi connectivity index (χ2v) is 8.08. The molecule has 3 aromatic rings. The molecule has 1 unspecified atom stereocenters. The number of hydrogen-bond acceptors (Lipinski definition) is 6. The van der Waals surface area contributed by atoms with E-state index in [1.165, 1.54) is 26.2 Å². The highest BCUT2D eigenvalue weighted by molar-refractivity contribution is 7.17. The van der Waals surface area contributed by atoms with E-state index in [0.29, 0.717) is 22.0 Å². The second-order valence-electron chi connectivity index (χ2n) is 7.09. The Morgan fingerprint density at radius 1 is 1.12 bits per heavy atom. The van der Waals surface area contributed by atoms with Gasteiger partial charge >= 0.3 is 12.1 Å². The first-order chi connectivity index (χ1) is 15.6. The number of carbonyl (C=O) groups is 2. The first kappa shape index (κ1) is 24.2. The van der Waals surface area contributed by atoms with Gasteiger partial charge in [-0.3, -0.25) is 4.79 Å². The predicted octanol–water partition coefficient (Wildman–Crippen LogP) is 5.01. The third kappa shape index (κ3) is 5.89. The van der Waals surface area contributed by atoms with E-state index in [4.69, 9.17) is 9.47 Å². The van der Waals surface area contributed by atoms with Crippen LogP contribution in [0.25, 0.3) is 10.6 Å². The minimum atomic E-state index is -4.44. The molecule has 1 aromatic heterocycles. The van der Waals surface area contributed by atoms with Crippen LogP contribution < -0.4 is 10.1 Å². The standard InChI is InChI=1S/C23H21F3N2O4S/c1-13-19(33-21(28-13)15-8-10-17(11-9-15)23(24,25)26)22(30)32-14(2)20(29)27-12-16-6-4-5-7-18(16)31-3/h4-11,14H,12H2,1-3H3,(H,27,29). The van der Waals surface area contributed by atoms with Crippen LogP contribution in [0.1, 0.15) is 33.4 Å². The maximum Gasteiger partial charge on any atom is 0.416 e. The van der Waals surface area contributed by atoms with Crippen LogP contribution in [0.2, 0.25) is 0 Å². The summed E-state index contributed by atoms with van der Waals surface area (Å²) in [6.45, 7) is 3.23. The molecule has 0 aliphatic heterocycles. The Morgan fingerprint density at radius 3 is 2.42 bits per heavy atom. The molecule has 10 heteroatoms. The molecule has 0 aliphatic rings. The van der Waals surface area contributed by atoms with Crippen molar-refractivity contribution in [3.05, 3.63) is 70.2 Å². The number of amides is 1. The molecule has 33 heavy (non-hydrogen) atoms. The van der Waals surface area contributed by atoms with E-state index in [2.05, 4.69) is 10.3 Å². The van der Waals surface area contributed by atoms with Gasteiger partial charge in [0.2, 0.25) is 0 Å². The minimum Gasteiger partial charge on any atom is -0.496 e. The summed E-state index contributed by atoms with van der Waals surface area (Å²) in [5.74, 6) is -0.596. The molecule has 174 valence electrons. The lowest BCUT2D eigenvalue weighted by Gasteiger charge is -2.14. The molecule has 0 saturated heterocycles. The van der Waals surface area contributed by atoms with Gasteiger partial charge in [-0.15, -0.1) is 11.3 Å². The molecule has 1 amide bonds. The maximum absolute atomic E-state index is 12.8. The zero-order valence-corrected chi connectivity index (χ0v) is 18.8. The van der Waals surface area contributed by atoms with Crippen LogP contribution in [-0.4, -0.2) is 30.1 Å². The predicted molar refractivity (Wildman–Crippen MR) is 117 cm³/mol. The lowest BCUT2D eigenvalue weighted by molar-refractivity contribution is -0.137. The van der Waals surface area contributed by atoms with E-state index in [1.807, 2.05) is 12.1 Å². The number of benzene rings is 2. The molecular weight excluding hydrogens is 457 g/mol. The average Bonchev–Trinajstić information content (AvgIpc) is 3.18. The molecule has 3 rings (SSSR count). The number of methoxy groups -OCH3 is 1. The Labute approximate surface area is 192 Å². The SMILES string of the molecule is COc1ccccc1CNC(=O)C(C)OC(=O)c1sc(-c2ccc(C(F)(F)F)cc2)nc1C. The molecule has 0 bridgehead atoms. The fourth-order valence-electron chi connectivity index (χ4n) is 2.95. The van der Waals surface area contributed by atoms with E-state index in [1.54, 1.807) is 19.1 Å². The summed E-state index contributed by atoms with van der Waals surface area (Å²) in [5, 5.41) is 3.07. The van der Waals surface area contributed by atoms with Crippen molar-refractivity contribution in [3.63, 3.8) is 0 Å². The van der Waals surface area contributed by atoms with Gasteiger partial charge in [0.05, 0.1) is 18.4 Å². The molecule has 0 spiro atoms. The third-order valence-electron chi connectivity index (χ3n) is 4.74. The van der Waals surface area contributed by atoms with Crippen molar-refractivity contribution in [2.24, 2.45) is 0 Å². The molecule has 6 nitrogen and oxygen atoms in total. The molecule has 0 fully saturated rings. The minimum absolute atomic E-state index is 0.175. The van der Waals surface area contributed by atoms with Gasteiger partial charge in [-0.05, 0) is 32.0 Å². The fourth-order valence-corrected chi connectivity index (χ4v) is 3.91. The Morgan fingerprint density at radius 2 is 1.79 bits per heavy atom. The first-order valence-electron chi connectivity index (χ1n) is 9.85. The Bertz CT molecular complexity index is 1140. The zero-order valence-electron chi connectivity index (χ0n) is 18.0. The van der Waals surface area contributed by atoms with Crippen LogP contribution in [0.4, 0.5) is 13.2 Å². The topological polar surface area (TPSA) is 77.5 Å². The summed E-state index contributed by atoms with van der Waals surface area (Å²) in [6, 6.07) is 11.7. The molecule has 2 aromatic carbocycles. The summed E-state index contributed by atoms with van der Waals surface area (Å²) >= 11 is 0.988. The molecule has 1 atom stereocenters. The van der Waals surface area contributed by atoms with Gasteiger partial charge in [0.1, 0.15) is 15.6 Å². The van der Waals surface area contributed by atoms with Crippen LogP contribution in [0.3, 0.4) is 0 Å². The number of ether oxygens (including phenoxy) is 2. The average molecular weight is 478 g/mol. The van der Waals surface area contributed by atoms with Crippen molar-refractivity contribution in [3.8, 4) is 16.3 Å². The highest BCUT2D eigenvalue weighted by Gasteiger charge is 2.30. The quantitative estimate of drug-likeness (QED) is 0.483. The van der Waals surface area contributed by atoms with Crippen molar-refractivity contribution < 1.29 is 32.2 Å². The summed E-state index contributed by atoms with van der Waals surface area (Å²) in [4.78, 5) is 29.4. The number of rotatable bonds is 7. The van der Waals surface area contributed by atoms with Crippen LogP contribution in [-0.2, 0) is 22.3 Å². The van der Waals surface area contributed by atoms with Crippen molar-refractivity contribution in [1.82, 2.24) is 10.3 Å². The Balaban J connectivity index is 1.64. The number of nitrogens with one attached hydrogen (secondary N) is 1. The number of aromatic nitrogens is 1. The van der Waals surface area contributed by atoms with Gasteiger partial charge in [0, 0.05) is 17.7 Å². The highest BCUT2D eigenvalue weighted by atomic mass is 32.1. The van der Waals surface area contributed by atoms with Crippen LogP contribution in [0.15, 0.2) is 48.5 Å². The van der Waals surface area contributed by atoms with Crippen molar-refractivity contribution in [2.45, 2.75) is 32.7 Å². The number of thiazole rings is 1. The summed E-state index contributed by atoms with van der Waals surface area (Å²) in [7, 11) is 1.53. The lowest BCUT2D eigenvalue weighted by Crippen LogP contribution is -2.35. The van der Waals surface area contributed by atoms with Gasteiger partial charge in [-0.2, -0.15) is 13.2 Å². The molecule has 0 aliphatic carbocycles. The highest BCUT2D eigenvalue weighted by Crippen LogP contribution is 2.33. The van der Waals surface area contributed by atoms with Crippen LogP contribution in [0, 0.1) is 6.92 Å². The van der Waals surface area contributed by atoms with E-state index < -0.39 is 29.7 Å².